The molecular weight excluding hydrogens is 134 g/mol. The molecule has 1 heteroatoms. The predicted octanol–water partition coefficient (Wildman–Crippen LogP) is 2.49. The van der Waals surface area contributed by atoms with Crippen molar-refractivity contribution in [3.63, 3.8) is 0 Å². The van der Waals surface area contributed by atoms with E-state index in [2.05, 4.69) is 32.6 Å². The summed E-state index contributed by atoms with van der Waals surface area (Å²) in [6, 6.07) is 0. The minimum atomic E-state index is 0.699. The molecule has 1 nitrogen and oxygen atoms in total. The van der Waals surface area contributed by atoms with Crippen LogP contribution in [0.5, 0.6) is 0 Å². The highest BCUT2D eigenvalue weighted by molar-refractivity contribution is 5.14. The van der Waals surface area contributed by atoms with E-state index in [9.17, 15) is 0 Å². The zero-order chi connectivity index (χ0) is 8.69. The molecule has 0 saturated carbocycles. The van der Waals surface area contributed by atoms with Gasteiger partial charge in [0.2, 0.25) is 0 Å². The Bertz CT molecular complexity index is 134. The zero-order valence-electron chi connectivity index (χ0n) is 7.64. The largest absolute Gasteiger partial charge is 0.330 e. The first-order valence-corrected chi connectivity index (χ1v) is 4.21. The van der Waals surface area contributed by atoms with Gasteiger partial charge in [-0.25, -0.2) is 0 Å². The Morgan fingerprint density at radius 2 is 2.18 bits per heavy atom. The van der Waals surface area contributed by atoms with E-state index in [1.165, 1.54) is 5.57 Å². The molecule has 0 aromatic rings. The standard InChI is InChI=1S/C10H19N/c1-9(2)8-10(3)6-4-5-7-11/h4,6,9H,3,5,7-8,11H2,1-2H3/b6-4-. The second kappa shape index (κ2) is 6.17. The molecule has 0 aliphatic heterocycles. The first kappa shape index (κ1) is 10.4. The molecule has 0 spiro atoms. The highest BCUT2D eigenvalue weighted by atomic mass is 14.5. The van der Waals surface area contributed by atoms with Gasteiger partial charge in [-0.1, -0.05) is 38.2 Å². The van der Waals surface area contributed by atoms with Gasteiger partial charge >= 0.3 is 0 Å². The topological polar surface area (TPSA) is 26.0 Å². The quantitative estimate of drug-likeness (QED) is 0.603. The van der Waals surface area contributed by atoms with E-state index < -0.39 is 0 Å². The third kappa shape index (κ3) is 7.34. The lowest BCUT2D eigenvalue weighted by molar-refractivity contribution is 0.651. The van der Waals surface area contributed by atoms with Crippen LogP contribution >= 0.6 is 0 Å². The van der Waals surface area contributed by atoms with E-state index in [-0.39, 0.29) is 0 Å². The minimum Gasteiger partial charge on any atom is -0.330 e. The third-order valence-electron chi connectivity index (χ3n) is 1.36. The molecule has 0 radical (unpaired) electrons. The predicted molar refractivity (Wildman–Crippen MR) is 51.4 cm³/mol. The van der Waals surface area contributed by atoms with Crippen LogP contribution in [0.3, 0.4) is 0 Å². The lowest BCUT2D eigenvalue weighted by Crippen LogP contribution is -1.95. The van der Waals surface area contributed by atoms with Crippen molar-refractivity contribution < 1.29 is 0 Å². The van der Waals surface area contributed by atoms with Crippen molar-refractivity contribution in [2.75, 3.05) is 6.54 Å². The van der Waals surface area contributed by atoms with E-state index in [4.69, 9.17) is 5.73 Å². The van der Waals surface area contributed by atoms with Crippen LogP contribution in [0.4, 0.5) is 0 Å². The molecule has 0 unspecified atom stereocenters. The number of allylic oxidation sites excluding steroid dienone is 2. The Balaban J connectivity index is 3.51. The Kier molecular flexibility index (Phi) is 5.86. The molecule has 0 amide bonds. The second-order valence-electron chi connectivity index (χ2n) is 3.24. The fourth-order valence-electron chi connectivity index (χ4n) is 0.939. The van der Waals surface area contributed by atoms with E-state index >= 15 is 0 Å². The summed E-state index contributed by atoms with van der Waals surface area (Å²) in [5.74, 6) is 0.699. The Hall–Kier alpha value is -0.560. The van der Waals surface area contributed by atoms with Gasteiger partial charge in [-0.3, -0.25) is 0 Å². The summed E-state index contributed by atoms with van der Waals surface area (Å²) in [6.45, 7) is 9.06. The fourth-order valence-corrected chi connectivity index (χ4v) is 0.939. The van der Waals surface area contributed by atoms with Gasteiger partial charge in [0.15, 0.2) is 0 Å². The maximum absolute atomic E-state index is 5.34. The molecule has 2 N–H and O–H groups in total. The minimum absolute atomic E-state index is 0.699. The summed E-state index contributed by atoms with van der Waals surface area (Å²) in [7, 11) is 0. The number of rotatable bonds is 5. The van der Waals surface area contributed by atoms with Crippen molar-refractivity contribution in [3.05, 3.63) is 24.3 Å². The van der Waals surface area contributed by atoms with Crippen molar-refractivity contribution in [2.24, 2.45) is 11.7 Å². The molecule has 0 atom stereocenters. The highest BCUT2D eigenvalue weighted by Crippen LogP contribution is 2.09. The molecule has 0 rings (SSSR count). The molecule has 0 fully saturated rings. The van der Waals surface area contributed by atoms with Crippen molar-refractivity contribution >= 4 is 0 Å². The summed E-state index contributed by atoms with van der Waals surface area (Å²) in [4.78, 5) is 0. The van der Waals surface area contributed by atoms with Crippen LogP contribution in [0, 0.1) is 5.92 Å². The summed E-state index contributed by atoms with van der Waals surface area (Å²) in [5.41, 5.74) is 6.54. The normalized spacial score (nSPS) is 11.3. The van der Waals surface area contributed by atoms with Gasteiger partial charge in [-0.15, -0.1) is 0 Å². The average Bonchev–Trinajstić information content (AvgIpc) is 1.86. The van der Waals surface area contributed by atoms with Crippen molar-refractivity contribution in [3.8, 4) is 0 Å². The Morgan fingerprint density at radius 1 is 1.55 bits per heavy atom. The highest BCUT2D eigenvalue weighted by Gasteiger charge is 1.93. The Morgan fingerprint density at radius 3 is 2.64 bits per heavy atom. The molecule has 0 aromatic heterocycles. The SMILES string of the molecule is C=C(/C=C\CCN)CC(C)C. The van der Waals surface area contributed by atoms with Gasteiger partial charge in [-0.2, -0.15) is 0 Å². The summed E-state index contributed by atoms with van der Waals surface area (Å²) in [6.07, 6.45) is 6.20. The molecule has 0 saturated heterocycles. The molecule has 0 heterocycles. The summed E-state index contributed by atoms with van der Waals surface area (Å²) >= 11 is 0. The van der Waals surface area contributed by atoms with Gasteiger partial charge in [0.1, 0.15) is 0 Å². The van der Waals surface area contributed by atoms with Crippen LogP contribution in [-0.2, 0) is 0 Å². The molecule has 0 aliphatic carbocycles. The molecule has 11 heavy (non-hydrogen) atoms. The van der Waals surface area contributed by atoms with Crippen LogP contribution in [-0.4, -0.2) is 6.54 Å². The van der Waals surface area contributed by atoms with E-state index in [0.29, 0.717) is 5.92 Å². The molecule has 64 valence electrons. The zero-order valence-corrected chi connectivity index (χ0v) is 7.64. The van der Waals surface area contributed by atoms with Crippen molar-refractivity contribution in [1.82, 2.24) is 0 Å². The second-order valence-corrected chi connectivity index (χ2v) is 3.24. The number of hydrogen-bond acceptors (Lipinski definition) is 1. The van der Waals surface area contributed by atoms with Gasteiger partial charge in [0, 0.05) is 0 Å². The van der Waals surface area contributed by atoms with Gasteiger partial charge in [0.05, 0.1) is 0 Å². The molecule has 0 aromatic carbocycles. The summed E-state index contributed by atoms with van der Waals surface area (Å²) < 4.78 is 0. The van der Waals surface area contributed by atoms with Gasteiger partial charge in [0.25, 0.3) is 0 Å². The first-order chi connectivity index (χ1) is 5.16. The van der Waals surface area contributed by atoms with Crippen LogP contribution in [0.25, 0.3) is 0 Å². The Labute approximate surface area is 70.0 Å². The molecule has 0 aliphatic rings. The van der Waals surface area contributed by atoms with E-state index in [0.717, 1.165) is 19.4 Å². The smallest absolute Gasteiger partial charge is 0.00425 e. The van der Waals surface area contributed by atoms with Crippen LogP contribution in [0.2, 0.25) is 0 Å². The molecule has 0 bridgehead atoms. The molecular formula is C10H19N. The van der Waals surface area contributed by atoms with E-state index in [1.807, 2.05) is 0 Å². The first-order valence-electron chi connectivity index (χ1n) is 4.21. The van der Waals surface area contributed by atoms with Crippen molar-refractivity contribution in [2.45, 2.75) is 26.7 Å². The van der Waals surface area contributed by atoms with Crippen LogP contribution in [0.15, 0.2) is 24.3 Å². The number of nitrogens with two attached hydrogens (primary N) is 1. The monoisotopic (exact) mass is 153 g/mol. The lowest BCUT2D eigenvalue weighted by atomic mass is 10.0. The summed E-state index contributed by atoms with van der Waals surface area (Å²) in [5, 5.41) is 0. The average molecular weight is 153 g/mol. The maximum Gasteiger partial charge on any atom is -0.00425 e. The van der Waals surface area contributed by atoms with Crippen LogP contribution in [0.1, 0.15) is 26.7 Å². The fraction of sp³-hybridized carbons (Fsp3) is 0.600. The third-order valence-corrected chi connectivity index (χ3v) is 1.36. The van der Waals surface area contributed by atoms with Crippen molar-refractivity contribution in [1.29, 1.82) is 0 Å². The van der Waals surface area contributed by atoms with Crippen LogP contribution < -0.4 is 5.73 Å². The number of hydrogen-bond donors (Lipinski definition) is 1. The van der Waals surface area contributed by atoms with E-state index in [1.54, 1.807) is 0 Å². The lowest BCUT2D eigenvalue weighted by Gasteiger charge is -2.02. The maximum atomic E-state index is 5.34. The van der Waals surface area contributed by atoms with Gasteiger partial charge in [-0.05, 0) is 25.3 Å². The van der Waals surface area contributed by atoms with Gasteiger partial charge < -0.3 is 5.73 Å².